The van der Waals surface area contributed by atoms with Crippen LogP contribution in [0.1, 0.15) is 16.7 Å². The molecule has 34 heavy (non-hydrogen) atoms. The molecule has 0 bridgehead atoms. The van der Waals surface area contributed by atoms with Crippen LogP contribution < -0.4 is 0 Å². The summed E-state index contributed by atoms with van der Waals surface area (Å²) in [5.41, 5.74) is 4.59. The maximum atomic E-state index is 12.5. The van der Waals surface area contributed by atoms with Crippen LogP contribution in [0.3, 0.4) is 0 Å². The predicted molar refractivity (Wildman–Crippen MR) is 131 cm³/mol. The van der Waals surface area contributed by atoms with Gasteiger partial charge in [0.05, 0.1) is 16.6 Å². The van der Waals surface area contributed by atoms with Crippen LogP contribution in [-0.2, 0) is 11.3 Å². The van der Waals surface area contributed by atoms with Crippen molar-refractivity contribution in [3.05, 3.63) is 106 Å². The van der Waals surface area contributed by atoms with Gasteiger partial charge in [-0.25, -0.2) is 0 Å². The number of carbonyl (C=O) groups is 1. The fourth-order valence-corrected chi connectivity index (χ4v) is 3.99. The van der Waals surface area contributed by atoms with Crippen LogP contribution >= 0.6 is 0 Å². The molecule has 1 saturated heterocycles. The van der Waals surface area contributed by atoms with Crippen LogP contribution in [0.25, 0.3) is 17.2 Å². The summed E-state index contributed by atoms with van der Waals surface area (Å²) in [5, 5.41) is 20.1. The van der Waals surface area contributed by atoms with Gasteiger partial charge in [-0.05, 0) is 46.5 Å². The molecule has 0 aromatic heterocycles. The molecule has 1 heterocycles. The lowest BCUT2D eigenvalue weighted by molar-refractivity contribution is -0.384. The zero-order chi connectivity index (χ0) is 23.9. The Hall–Kier alpha value is -4.28. The molecule has 7 heteroatoms. The molecule has 0 spiro atoms. The minimum atomic E-state index is -0.444. The summed E-state index contributed by atoms with van der Waals surface area (Å²) in [6.45, 7) is 3.68. The van der Waals surface area contributed by atoms with Crippen LogP contribution in [0, 0.1) is 21.4 Å². The molecule has 1 fully saturated rings. The lowest BCUT2D eigenvalue weighted by Crippen LogP contribution is -2.47. The van der Waals surface area contributed by atoms with Gasteiger partial charge in [0.15, 0.2) is 0 Å². The van der Waals surface area contributed by atoms with E-state index < -0.39 is 4.92 Å². The van der Waals surface area contributed by atoms with E-state index in [0.717, 1.165) is 36.3 Å². The molecule has 1 aliphatic rings. The zero-order valence-electron chi connectivity index (χ0n) is 18.6. The number of benzene rings is 3. The maximum Gasteiger partial charge on any atom is 0.269 e. The molecule has 3 aromatic carbocycles. The Kier molecular flexibility index (Phi) is 7.11. The van der Waals surface area contributed by atoms with Crippen molar-refractivity contribution < 1.29 is 9.72 Å². The standard InChI is InChI=1S/C27H24N4O3/c28-19-24-3-1-2-4-26(24)23-10-5-22(6-11-23)20-29-15-17-30(18-16-29)27(32)14-9-21-7-12-25(13-8-21)31(33)34/h1-14H,15-18,20H2/b14-9+. The Bertz CT molecular complexity index is 1240. The molecular weight excluding hydrogens is 428 g/mol. The second-order valence-electron chi connectivity index (χ2n) is 8.14. The number of nitro benzene ring substituents is 1. The average molecular weight is 453 g/mol. The summed E-state index contributed by atoms with van der Waals surface area (Å²) in [6.07, 6.45) is 3.21. The summed E-state index contributed by atoms with van der Waals surface area (Å²) in [5.74, 6) is -0.0569. The number of rotatable bonds is 6. The van der Waals surface area contributed by atoms with E-state index in [0.29, 0.717) is 18.7 Å². The first kappa shape index (κ1) is 22.9. The van der Waals surface area contributed by atoms with Gasteiger partial charge in [-0.1, -0.05) is 42.5 Å². The normalized spacial score (nSPS) is 14.1. The van der Waals surface area contributed by atoms with Crippen molar-refractivity contribution in [2.24, 2.45) is 0 Å². The highest BCUT2D eigenvalue weighted by Crippen LogP contribution is 2.24. The third kappa shape index (κ3) is 5.55. The minimum Gasteiger partial charge on any atom is -0.337 e. The van der Waals surface area contributed by atoms with E-state index in [-0.39, 0.29) is 11.6 Å². The van der Waals surface area contributed by atoms with Crippen LogP contribution in [0.2, 0.25) is 0 Å². The third-order valence-corrected chi connectivity index (χ3v) is 5.92. The molecule has 0 aliphatic carbocycles. The zero-order valence-corrected chi connectivity index (χ0v) is 18.6. The second kappa shape index (κ2) is 10.6. The molecule has 170 valence electrons. The van der Waals surface area contributed by atoms with Gasteiger partial charge in [0, 0.05) is 50.9 Å². The Morgan fingerprint density at radius 3 is 2.29 bits per heavy atom. The number of piperazine rings is 1. The van der Waals surface area contributed by atoms with E-state index in [2.05, 4.69) is 23.1 Å². The van der Waals surface area contributed by atoms with Gasteiger partial charge in [-0.2, -0.15) is 5.26 Å². The SMILES string of the molecule is N#Cc1ccccc1-c1ccc(CN2CCN(C(=O)/C=C/c3ccc([N+](=O)[O-])cc3)CC2)cc1. The van der Waals surface area contributed by atoms with E-state index in [9.17, 15) is 20.2 Å². The summed E-state index contributed by atoms with van der Waals surface area (Å²) < 4.78 is 0. The number of hydrogen-bond donors (Lipinski definition) is 0. The molecule has 4 rings (SSSR count). The fourth-order valence-electron chi connectivity index (χ4n) is 3.99. The number of nitrogens with zero attached hydrogens (tertiary/aromatic N) is 4. The third-order valence-electron chi connectivity index (χ3n) is 5.92. The molecular formula is C27H24N4O3. The largest absolute Gasteiger partial charge is 0.337 e. The lowest BCUT2D eigenvalue weighted by Gasteiger charge is -2.34. The molecule has 1 aliphatic heterocycles. The smallest absolute Gasteiger partial charge is 0.269 e. The highest BCUT2D eigenvalue weighted by atomic mass is 16.6. The highest BCUT2D eigenvalue weighted by molar-refractivity contribution is 5.91. The number of hydrogen-bond acceptors (Lipinski definition) is 5. The van der Waals surface area contributed by atoms with Gasteiger partial charge in [-0.15, -0.1) is 0 Å². The molecule has 1 amide bonds. The van der Waals surface area contributed by atoms with E-state index in [4.69, 9.17) is 0 Å². The number of amides is 1. The van der Waals surface area contributed by atoms with E-state index >= 15 is 0 Å². The van der Waals surface area contributed by atoms with E-state index in [1.807, 2.05) is 41.3 Å². The van der Waals surface area contributed by atoms with Gasteiger partial charge >= 0.3 is 0 Å². The first-order valence-electron chi connectivity index (χ1n) is 11.1. The van der Waals surface area contributed by atoms with Gasteiger partial charge in [0.25, 0.3) is 5.69 Å². The first-order chi connectivity index (χ1) is 16.5. The van der Waals surface area contributed by atoms with Crippen molar-refractivity contribution in [3.63, 3.8) is 0 Å². The van der Waals surface area contributed by atoms with E-state index in [1.165, 1.54) is 23.8 Å². The molecule has 0 atom stereocenters. The Morgan fingerprint density at radius 1 is 0.971 bits per heavy atom. The van der Waals surface area contributed by atoms with Crippen molar-refractivity contribution in [2.75, 3.05) is 26.2 Å². The van der Waals surface area contributed by atoms with Gasteiger partial charge in [-0.3, -0.25) is 19.8 Å². The predicted octanol–water partition coefficient (Wildman–Crippen LogP) is 4.49. The average Bonchev–Trinajstić information content (AvgIpc) is 2.88. The summed E-state index contributed by atoms with van der Waals surface area (Å²) in [7, 11) is 0. The minimum absolute atomic E-state index is 0.0289. The Labute approximate surface area is 198 Å². The Morgan fingerprint density at radius 2 is 1.65 bits per heavy atom. The van der Waals surface area contributed by atoms with Crippen LogP contribution in [0.4, 0.5) is 5.69 Å². The van der Waals surface area contributed by atoms with E-state index in [1.54, 1.807) is 18.2 Å². The van der Waals surface area contributed by atoms with Crippen molar-refractivity contribution in [1.82, 2.24) is 9.80 Å². The molecule has 0 saturated carbocycles. The van der Waals surface area contributed by atoms with Crippen molar-refractivity contribution in [1.29, 1.82) is 5.26 Å². The molecule has 0 radical (unpaired) electrons. The summed E-state index contributed by atoms with van der Waals surface area (Å²) in [4.78, 5) is 27.0. The molecule has 7 nitrogen and oxygen atoms in total. The van der Waals surface area contributed by atoms with Crippen LogP contribution in [0.15, 0.2) is 78.9 Å². The highest BCUT2D eigenvalue weighted by Gasteiger charge is 2.19. The summed E-state index contributed by atoms with van der Waals surface area (Å²) in [6, 6.07) is 24.2. The topological polar surface area (TPSA) is 90.5 Å². The number of nitro groups is 1. The molecule has 0 N–H and O–H groups in total. The summed E-state index contributed by atoms with van der Waals surface area (Å²) >= 11 is 0. The number of carbonyl (C=O) groups excluding carboxylic acids is 1. The van der Waals surface area contributed by atoms with Gasteiger partial charge in [0.1, 0.15) is 0 Å². The van der Waals surface area contributed by atoms with Crippen molar-refractivity contribution in [3.8, 4) is 17.2 Å². The first-order valence-corrected chi connectivity index (χ1v) is 11.1. The number of non-ortho nitro benzene ring substituents is 1. The van der Waals surface area contributed by atoms with Gasteiger partial charge < -0.3 is 4.90 Å². The van der Waals surface area contributed by atoms with Crippen molar-refractivity contribution in [2.45, 2.75) is 6.54 Å². The Balaban J connectivity index is 1.28. The van der Waals surface area contributed by atoms with Crippen molar-refractivity contribution >= 4 is 17.7 Å². The lowest BCUT2D eigenvalue weighted by atomic mass is 9.99. The fraction of sp³-hybridized carbons (Fsp3) is 0.185. The van der Waals surface area contributed by atoms with Gasteiger partial charge in [0.2, 0.25) is 5.91 Å². The molecule has 0 unspecified atom stereocenters. The number of nitriles is 1. The maximum absolute atomic E-state index is 12.5. The van der Waals surface area contributed by atoms with Crippen LogP contribution in [0.5, 0.6) is 0 Å². The second-order valence-corrected chi connectivity index (χ2v) is 8.14. The monoisotopic (exact) mass is 452 g/mol. The quantitative estimate of drug-likeness (QED) is 0.312. The van der Waals surface area contributed by atoms with Crippen LogP contribution in [-0.4, -0.2) is 46.8 Å². The molecule has 3 aromatic rings.